The highest BCUT2D eigenvalue weighted by Crippen LogP contribution is 2.44. The van der Waals surface area contributed by atoms with Gasteiger partial charge in [-0.2, -0.15) is 0 Å². The molecule has 5 nitrogen and oxygen atoms in total. The van der Waals surface area contributed by atoms with Crippen LogP contribution in [-0.4, -0.2) is 35.6 Å². The molecule has 2 aliphatic rings. The summed E-state index contributed by atoms with van der Waals surface area (Å²) in [5.74, 6) is 0.612. The van der Waals surface area contributed by atoms with Crippen molar-refractivity contribution in [2.45, 2.75) is 37.8 Å². The predicted molar refractivity (Wildman–Crippen MR) is 91.9 cm³/mol. The van der Waals surface area contributed by atoms with E-state index in [2.05, 4.69) is 10.6 Å². The summed E-state index contributed by atoms with van der Waals surface area (Å²) in [6.45, 7) is -0.405. The van der Waals surface area contributed by atoms with Gasteiger partial charge in [-0.15, -0.1) is 0 Å². The molecule has 1 aromatic carbocycles. The molecule has 0 radical (unpaired) electrons. The Kier molecular flexibility index (Phi) is 5.30. The fourth-order valence-electron chi connectivity index (χ4n) is 3.85. The number of aliphatic hydroxyl groups is 1. The Balaban J connectivity index is 1.51. The molecule has 2 aliphatic carbocycles. The number of amides is 2. The Morgan fingerprint density at radius 2 is 2.00 bits per heavy atom. The highest BCUT2D eigenvalue weighted by Gasteiger charge is 2.40. The lowest BCUT2D eigenvalue weighted by Crippen LogP contribution is -2.52. The number of carbonyl (C=O) groups is 2. The molecule has 3 unspecified atom stereocenters. The van der Waals surface area contributed by atoms with Gasteiger partial charge in [0.2, 0.25) is 11.8 Å². The lowest BCUT2D eigenvalue weighted by Gasteiger charge is -2.25. The molecule has 4 atom stereocenters. The van der Waals surface area contributed by atoms with Crippen LogP contribution in [0.3, 0.4) is 0 Å². The third-order valence-electron chi connectivity index (χ3n) is 5.11. The smallest absolute Gasteiger partial charge is 0.245 e. The van der Waals surface area contributed by atoms with Crippen molar-refractivity contribution < 1.29 is 14.7 Å². The lowest BCUT2D eigenvalue weighted by molar-refractivity contribution is -0.128. The maximum absolute atomic E-state index is 12.3. The van der Waals surface area contributed by atoms with Gasteiger partial charge in [-0.25, -0.2) is 0 Å². The summed E-state index contributed by atoms with van der Waals surface area (Å²) in [6, 6.07) is 8.73. The second-order valence-corrected chi connectivity index (χ2v) is 6.78. The zero-order valence-corrected chi connectivity index (χ0v) is 13.7. The zero-order chi connectivity index (χ0) is 16.9. The first-order valence-corrected chi connectivity index (χ1v) is 8.60. The Labute approximate surface area is 142 Å². The Morgan fingerprint density at radius 3 is 2.62 bits per heavy atom. The highest BCUT2D eigenvalue weighted by atomic mass is 16.3. The Hall–Kier alpha value is -2.14. The van der Waals surface area contributed by atoms with Gasteiger partial charge in [0, 0.05) is 12.1 Å². The summed E-state index contributed by atoms with van der Waals surface area (Å²) in [5.41, 5.74) is 0.902. The largest absolute Gasteiger partial charge is 0.394 e. The van der Waals surface area contributed by atoms with Gasteiger partial charge in [-0.1, -0.05) is 36.8 Å². The molecule has 24 heavy (non-hydrogen) atoms. The van der Waals surface area contributed by atoms with Crippen LogP contribution < -0.4 is 10.6 Å². The Morgan fingerprint density at radius 1 is 1.21 bits per heavy atom. The number of fused-ring (bicyclic) bond motifs is 2. The van der Waals surface area contributed by atoms with Crippen LogP contribution in [0, 0.1) is 11.8 Å². The third kappa shape index (κ3) is 4.03. The van der Waals surface area contributed by atoms with Crippen LogP contribution in [-0.2, 0) is 9.59 Å². The van der Waals surface area contributed by atoms with E-state index >= 15 is 0 Å². The summed E-state index contributed by atoms with van der Waals surface area (Å²) in [5, 5.41) is 15.0. The molecule has 3 N–H and O–H groups in total. The molecular formula is C19H24N2O3. The maximum atomic E-state index is 12.3. The molecule has 2 saturated carbocycles. The topological polar surface area (TPSA) is 78.4 Å². The summed E-state index contributed by atoms with van der Waals surface area (Å²) in [6.07, 6.45) is 7.71. The van der Waals surface area contributed by atoms with E-state index < -0.39 is 12.6 Å². The Bertz CT molecular complexity index is 614. The molecule has 0 heterocycles. The van der Waals surface area contributed by atoms with Crippen LogP contribution >= 0.6 is 0 Å². The first-order valence-electron chi connectivity index (χ1n) is 8.60. The second kappa shape index (κ2) is 7.62. The molecule has 2 fully saturated rings. The summed E-state index contributed by atoms with van der Waals surface area (Å²) >= 11 is 0. The second-order valence-electron chi connectivity index (χ2n) is 6.78. The van der Waals surface area contributed by atoms with E-state index in [4.69, 9.17) is 0 Å². The summed E-state index contributed by atoms with van der Waals surface area (Å²) < 4.78 is 0. The number of carbonyl (C=O) groups excluding carboxylic acids is 2. The number of hydrogen-bond acceptors (Lipinski definition) is 3. The molecule has 2 bridgehead atoms. The van der Waals surface area contributed by atoms with Gasteiger partial charge in [-0.3, -0.25) is 9.59 Å². The van der Waals surface area contributed by atoms with Crippen molar-refractivity contribution in [2.24, 2.45) is 11.8 Å². The molecule has 2 amide bonds. The number of hydrogen-bond donors (Lipinski definition) is 3. The van der Waals surface area contributed by atoms with Crippen LogP contribution in [0.15, 0.2) is 36.4 Å². The van der Waals surface area contributed by atoms with E-state index in [0.29, 0.717) is 5.92 Å². The normalized spacial score (nSPS) is 26.5. The van der Waals surface area contributed by atoms with Crippen molar-refractivity contribution in [3.63, 3.8) is 0 Å². The fraction of sp³-hybridized carbons (Fsp3) is 0.474. The minimum absolute atomic E-state index is 0.196. The highest BCUT2D eigenvalue weighted by molar-refractivity contribution is 5.95. The standard InChI is InChI=1S/C19H24N2O3/c22-12-17(19(24)21-16-11-14-6-8-15(16)10-14)20-18(23)9-7-13-4-2-1-3-5-13/h1-5,7,9,14-17,22H,6,8,10-12H2,(H,20,23)(H,21,24)/t14?,15?,16?,17-/m0/s1. The molecule has 128 valence electrons. The fourth-order valence-corrected chi connectivity index (χ4v) is 3.85. The third-order valence-corrected chi connectivity index (χ3v) is 5.11. The van der Waals surface area contributed by atoms with Crippen molar-refractivity contribution >= 4 is 17.9 Å². The van der Waals surface area contributed by atoms with E-state index in [-0.39, 0.29) is 17.9 Å². The van der Waals surface area contributed by atoms with E-state index in [0.717, 1.165) is 17.9 Å². The lowest BCUT2D eigenvalue weighted by atomic mass is 9.95. The van der Waals surface area contributed by atoms with Gasteiger partial charge >= 0.3 is 0 Å². The van der Waals surface area contributed by atoms with Crippen molar-refractivity contribution in [2.75, 3.05) is 6.61 Å². The number of benzene rings is 1. The maximum Gasteiger partial charge on any atom is 0.245 e. The van der Waals surface area contributed by atoms with Crippen LogP contribution in [0.1, 0.15) is 31.2 Å². The minimum Gasteiger partial charge on any atom is -0.394 e. The first kappa shape index (κ1) is 16.7. The summed E-state index contributed by atoms with van der Waals surface area (Å²) in [4.78, 5) is 24.3. The molecule has 3 rings (SSSR count). The van der Waals surface area contributed by atoms with Crippen LogP contribution in [0.2, 0.25) is 0 Å². The molecule has 0 spiro atoms. The van der Waals surface area contributed by atoms with Crippen LogP contribution in [0.4, 0.5) is 0 Å². The molecule has 1 aromatic rings. The van der Waals surface area contributed by atoms with Gasteiger partial charge < -0.3 is 15.7 Å². The molecule has 0 saturated heterocycles. The zero-order valence-electron chi connectivity index (χ0n) is 13.7. The van der Waals surface area contributed by atoms with E-state index in [9.17, 15) is 14.7 Å². The molecule has 0 aliphatic heterocycles. The predicted octanol–water partition coefficient (Wildman–Crippen LogP) is 1.48. The molecular weight excluding hydrogens is 304 g/mol. The monoisotopic (exact) mass is 328 g/mol. The van der Waals surface area contributed by atoms with Gasteiger partial charge in [0.1, 0.15) is 6.04 Å². The SMILES string of the molecule is O=C(C=Cc1ccccc1)N[C@@H](CO)C(=O)NC1CC2CCC1C2. The van der Waals surface area contributed by atoms with Gasteiger partial charge in [-0.05, 0) is 42.7 Å². The minimum atomic E-state index is -0.906. The first-order chi connectivity index (χ1) is 11.7. The van der Waals surface area contributed by atoms with Gasteiger partial charge in [0.05, 0.1) is 6.61 Å². The summed E-state index contributed by atoms with van der Waals surface area (Å²) in [7, 11) is 0. The molecule has 0 aromatic heterocycles. The van der Waals surface area contributed by atoms with Crippen molar-refractivity contribution in [3.8, 4) is 0 Å². The van der Waals surface area contributed by atoms with Crippen molar-refractivity contribution in [3.05, 3.63) is 42.0 Å². The number of aliphatic hydroxyl groups excluding tert-OH is 1. The average Bonchev–Trinajstić information content (AvgIpc) is 3.21. The molecule has 5 heteroatoms. The number of nitrogens with one attached hydrogen (secondary N) is 2. The average molecular weight is 328 g/mol. The van der Waals surface area contributed by atoms with Gasteiger partial charge in [0.15, 0.2) is 0 Å². The van der Waals surface area contributed by atoms with E-state index in [1.807, 2.05) is 30.3 Å². The van der Waals surface area contributed by atoms with Crippen LogP contribution in [0.25, 0.3) is 6.08 Å². The van der Waals surface area contributed by atoms with E-state index in [1.54, 1.807) is 6.08 Å². The number of rotatable bonds is 6. The van der Waals surface area contributed by atoms with E-state index in [1.165, 1.54) is 25.3 Å². The van der Waals surface area contributed by atoms with Crippen molar-refractivity contribution in [1.82, 2.24) is 10.6 Å². The van der Waals surface area contributed by atoms with Crippen LogP contribution in [0.5, 0.6) is 0 Å². The van der Waals surface area contributed by atoms with Gasteiger partial charge in [0.25, 0.3) is 0 Å². The quantitative estimate of drug-likeness (QED) is 0.692. The van der Waals surface area contributed by atoms with Crippen molar-refractivity contribution in [1.29, 1.82) is 0 Å².